The van der Waals surface area contributed by atoms with Gasteiger partial charge in [-0.1, -0.05) is 18.2 Å². The fourth-order valence-electron chi connectivity index (χ4n) is 5.77. The third-order valence-electron chi connectivity index (χ3n) is 7.84. The maximum atomic E-state index is 12.4. The highest BCUT2D eigenvalue weighted by atomic mass is 19.4. The maximum Gasteiger partial charge on any atom is 0.490 e. The molecule has 3 aliphatic rings. The Labute approximate surface area is 253 Å². The second-order valence-corrected chi connectivity index (χ2v) is 11.1. The molecule has 1 aromatic heterocycles. The number of hydrogen-bond donors (Lipinski definition) is 4. The molecule has 3 aromatic rings. The van der Waals surface area contributed by atoms with Crippen molar-refractivity contribution in [2.45, 2.75) is 44.6 Å². The minimum atomic E-state index is -5.08. The lowest BCUT2D eigenvalue weighted by atomic mass is 9.80. The van der Waals surface area contributed by atoms with Crippen LogP contribution in [0.15, 0.2) is 42.5 Å². The Kier molecular flexibility index (Phi) is 10.1. The van der Waals surface area contributed by atoms with Gasteiger partial charge in [-0.2, -0.15) is 31.4 Å². The first-order valence-electron chi connectivity index (χ1n) is 14.0. The van der Waals surface area contributed by atoms with Gasteiger partial charge in [-0.05, 0) is 67.6 Å². The average Bonchev–Trinajstić information content (AvgIpc) is 3.48. The summed E-state index contributed by atoms with van der Waals surface area (Å²) in [5, 5.41) is 26.7. The SMILES string of the molecule is O=C(O)C(F)(F)F.O=C(O)C(F)(F)F.O=C1NCCc2c3c1cccc3nn2-c1ccc(CN2CCC3(CCCNC3)C2)cc1. The number of amides is 1. The van der Waals surface area contributed by atoms with E-state index < -0.39 is 24.3 Å². The third kappa shape index (κ3) is 8.30. The number of aromatic nitrogens is 2. The Morgan fingerprint density at radius 2 is 1.58 bits per heavy atom. The number of nitrogens with one attached hydrogen (secondary N) is 2. The Hall–Kier alpha value is -4.18. The molecule has 244 valence electrons. The molecular weight excluding hydrogens is 612 g/mol. The van der Waals surface area contributed by atoms with Gasteiger partial charge in [-0.25, -0.2) is 14.3 Å². The average molecular weight is 644 g/mol. The van der Waals surface area contributed by atoms with E-state index in [4.69, 9.17) is 24.9 Å². The lowest BCUT2D eigenvalue weighted by molar-refractivity contribution is -0.193. The second-order valence-electron chi connectivity index (χ2n) is 11.1. The number of piperidine rings is 1. The molecule has 2 saturated heterocycles. The van der Waals surface area contributed by atoms with Crippen LogP contribution >= 0.6 is 0 Å². The molecule has 3 aliphatic heterocycles. The molecule has 4 N–H and O–H groups in total. The molecule has 1 unspecified atom stereocenters. The van der Waals surface area contributed by atoms with Crippen molar-refractivity contribution in [3.63, 3.8) is 0 Å². The van der Waals surface area contributed by atoms with E-state index in [1.807, 2.05) is 22.9 Å². The minimum absolute atomic E-state index is 0.00389. The van der Waals surface area contributed by atoms with E-state index in [1.165, 1.54) is 51.0 Å². The maximum absolute atomic E-state index is 12.4. The smallest absolute Gasteiger partial charge is 0.475 e. The third-order valence-corrected chi connectivity index (χ3v) is 7.84. The Bertz CT molecular complexity index is 1510. The molecule has 0 aliphatic carbocycles. The number of halogens is 6. The molecule has 16 heteroatoms. The van der Waals surface area contributed by atoms with E-state index in [-0.39, 0.29) is 5.91 Å². The zero-order valence-corrected chi connectivity index (χ0v) is 23.8. The van der Waals surface area contributed by atoms with Crippen molar-refractivity contribution in [1.82, 2.24) is 25.3 Å². The number of alkyl halides is 6. The summed E-state index contributed by atoms with van der Waals surface area (Å²) in [7, 11) is 0. The van der Waals surface area contributed by atoms with Gasteiger partial charge in [0.25, 0.3) is 5.91 Å². The summed E-state index contributed by atoms with van der Waals surface area (Å²) in [5.74, 6) is -5.52. The lowest BCUT2D eigenvalue weighted by Gasteiger charge is -2.34. The molecule has 0 saturated carbocycles. The van der Waals surface area contributed by atoms with Gasteiger partial charge < -0.3 is 20.8 Å². The van der Waals surface area contributed by atoms with E-state index in [1.54, 1.807) is 0 Å². The van der Waals surface area contributed by atoms with Gasteiger partial charge in [0, 0.05) is 38.0 Å². The normalized spacial score (nSPS) is 20.0. The number of benzene rings is 2. The summed E-state index contributed by atoms with van der Waals surface area (Å²) in [6, 6.07) is 14.6. The molecule has 2 fully saturated rings. The largest absolute Gasteiger partial charge is 0.490 e. The number of aliphatic carboxylic acids is 2. The zero-order valence-electron chi connectivity index (χ0n) is 23.8. The number of hydrogen-bond acceptors (Lipinski definition) is 6. The van der Waals surface area contributed by atoms with E-state index in [9.17, 15) is 31.1 Å². The summed E-state index contributed by atoms with van der Waals surface area (Å²) in [5.41, 5.74) is 5.64. The van der Waals surface area contributed by atoms with Crippen molar-refractivity contribution in [2.24, 2.45) is 5.41 Å². The van der Waals surface area contributed by atoms with E-state index in [2.05, 4.69) is 39.8 Å². The number of carbonyl (C=O) groups excluding carboxylic acids is 1. The van der Waals surface area contributed by atoms with Crippen LogP contribution in [0.1, 0.15) is 40.9 Å². The van der Waals surface area contributed by atoms with Crippen LogP contribution in [0, 0.1) is 5.41 Å². The fourth-order valence-corrected chi connectivity index (χ4v) is 5.77. The Morgan fingerprint density at radius 3 is 2.16 bits per heavy atom. The molecule has 2 aromatic carbocycles. The van der Waals surface area contributed by atoms with Crippen molar-refractivity contribution >= 4 is 28.7 Å². The van der Waals surface area contributed by atoms with E-state index in [0.29, 0.717) is 12.0 Å². The van der Waals surface area contributed by atoms with Gasteiger partial charge in [0.1, 0.15) is 0 Å². The van der Waals surface area contributed by atoms with E-state index in [0.717, 1.165) is 40.8 Å². The van der Waals surface area contributed by atoms with Crippen LogP contribution in [0.25, 0.3) is 16.6 Å². The molecule has 45 heavy (non-hydrogen) atoms. The van der Waals surface area contributed by atoms with Gasteiger partial charge in [-0.3, -0.25) is 9.69 Å². The van der Waals surface area contributed by atoms with Crippen LogP contribution in [0.2, 0.25) is 0 Å². The monoisotopic (exact) mass is 643 g/mol. The first-order chi connectivity index (χ1) is 21.1. The van der Waals surface area contributed by atoms with Crippen LogP contribution in [0.3, 0.4) is 0 Å². The topological polar surface area (TPSA) is 137 Å². The molecule has 10 nitrogen and oxygen atoms in total. The van der Waals surface area contributed by atoms with Crippen LogP contribution in [-0.4, -0.2) is 87.8 Å². The molecule has 4 heterocycles. The Morgan fingerprint density at radius 1 is 0.933 bits per heavy atom. The standard InChI is InChI=1S/C25H29N5O.2C2HF3O2/c31-24-20-3-1-4-21-23(20)22(9-13-27-24)30(28-21)19-7-5-18(6-8-19)15-29-14-11-25(17-29)10-2-12-26-16-25;2*3-2(4,5)1(6)7/h1,3-8,26H,2,9-17H2,(H,27,31);2*(H,6,7). The first-order valence-corrected chi connectivity index (χ1v) is 14.0. The van der Waals surface area contributed by atoms with Crippen molar-refractivity contribution < 1.29 is 50.9 Å². The first kappa shape index (κ1) is 33.7. The van der Waals surface area contributed by atoms with Crippen molar-refractivity contribution in [3.05, 3.63) is 59.3 Å². The molecular formula is C29H31F6N5O5. The van der Waals surface area contributed by atoms with Crippen LogP contribution in [0.4, 0.5) is 26.3 Å². The van der Waals surface area contributed by atoms with Gasteiger partial charge >= 0.3 is 24.3 Å². The summed E-state index contributed by atoms with van der Waals surface area (Å²) in [6.07, 6.45) is -5.39. The predicted octanol–water partition coefficient (Wildman–Crippen LogP) is 4.15. The number of likely N-dealkylation sites (tertiary alicyclic amines) is 1. The number of carboxylic acid groups (broad SMARTS) is 2. The van der Waals surface area contributed by atoms with Gasteiger partial charge in [0.05, 0.1) is 22.5 Å². The Balaban J connectivity index is 0.000000277. The number of nitrogens with zero attached hydrogens (tertiary/aromatic N) is 3. The number of rotatable bonds is 3. The van der Waals surface area contributed by atoms with Gasteiger partial charge in [0.15, 0.2) is 0 Å². The molecule has 0 radical (unpaired) electrons. The van der Waals surface area contributed by atoms with Crippen LogP contribution in [0.5, 0.6) is 0 Å². The summed E-state index contributed by atoms with van der Waals surface area (Å²) >= 11 is 0. The second kappa shape index (κ2) is 13.4. The van der Waals surface area contributed by atoms with Crippen LogP contribution in [-0.2, 0) is 22.6 Å². The molecule has 1 amide bonds. The quantitative estimate of drug-likeness (QED) is 0.313. The molecule has 0 bridgehead atoms. The molecule has 6 rings (SSSR count). The highest BCUT2D eigenvalue weighted by Crippen LogP contribution is 2.37. The number of carboxylic acids is 2. The van der Waals surface area contributed by atoms with Gasteiger partial charge in [-0.15, -0.1) is 0 Å². The lowest BCUT2D eigenvalue weighted by Crippen LogP contribution is -2.41. The van der Waals surface area contributed by atoms with Crippen molar-refractivity contribution in [1.29, 1.82) is 0 Å². The van der Waals surface area contributed by atoms with Crippen molar-refractivity contribution in [3.8, 4) is 5.69 Å². The van der Waals surface area contributed by atoms with Crippen LogP contribution < -0.4 is 10.6 Å². The summed E-state index contributed by atoms with van der Waals surface area (Å²) in [4.78, 5) is 32.8. The molecule has 1 atom stereocenters. The highest BCUT2D eigenvalue weighted by molar-refractivity contribution is 6.08. The highest BCUT2D eigenvalue weighted by Gasteiger charge is 2.40. The summed E-state index contributed by atoms with van der Waals surface area (Å²) in [6.45, 7) is 6.41. The summed E-state index contributed by atoms with van der Waals surface area (Å²) < 4.78 is 65.5. The molecule has 1 spiro atoms. The predicted molar refractivity (Wildman–Crippen MR) is 149 cm³/mol. The van der Waals surface area contributed by atoms with Crippen molar-refractivity contribution in [2.75, 3.05) is 32.7 Å². The van der Waals surface area contributed by atoms with E-state index >= 15 is 0 Å². The fraction of sp³-hybridized carbons (Fsp3) is 0.448. The number of carbonyl (C=O) groups is 3. The van der Waals surface area contributed by atoms with Gasteiger partial charge in [0.2, 0.25) is 0 Å². The minimum Gasteiger partial charge on any atom is -0.475 e. The zero-order chi connectivity index (χ0) is 33.0.